The van der Waals surface area contributed by atoms with Gasteiger partial charge < -0.3 is 20.1 Å². The van der Waals surface area contributed by atoms with Crippen LogP contribution in [0.1, 0.15) is 15.9 Å². The molecule has 4 aromatic rings. The van der Waals surface area contributed by atoms with Gasteiger partial charge in [-0.25, -0.2) is 13.2 Å². The third-order valence-electron chi connectivity index (χ3n) is 6.33. The summed E-state index contributed by atoms with van der Waals surface area (Å²) in [5, 5.41) is 5.91. The molecule has 6 nitrogen and oxygen atoms in total. The first-order valence-electron chi connectivity index (χ1n) is 11.6. The molecule has 0 spiro atoms. The molecule has 1 aliphatic heterocycles. The predicted octanol–water partition coefficient (Wildman–Crippen LogP) is 4.40. The fourth-order valence-corrected chi connectivity index (χ4v) is 4.63. The van der Waals surface area contributed by atoms with E-state index in [1.165, 1.54) is 53.2 Å². The lowest BCUT2D eigenvalue weighted by Gasteiger charge is -2.30. The average molecular weight is 527 g/mol. The second kappa shape index (κ2) is 10.3. The minimum absolute atomic E-state index is 0.0822. The van der Waals surface area contributed by atoms with Crippen LogP contribution in [-0.4, -0.2) is 36.7 Å². The number of para-hydroxylation sites is 1. The highest BCUT2D eigenvalue weighted by Gasteiger charge is 2.22. The summed E-state index contributed by atoms with van der Waals surface area (Å²) >= 11 is 5.92. The van der Waals surface area contributed by atoms with Gasteiger partial charge in [-0.2, -0.15) is 0 Å². The van der Waals surface area contributed by atoms with Crippen molar-refractivity contribution in [1.29, 1.82) is 0 Å². The number of carbonyl (C=O) groups excluding carboxylic acids is 1. The number of piperazine rings is 1. The molecular formula is C27H22ClF3N4O2. The number of carbonyl (C=O) groups is 1. The number of nitrogens with zero attached hydrogens (tertiary/aromatic N) is 2. The van der Waals surface area contributed by atoms with E-state index in [1.807, 2.05) is 4.90 Å². The summed E-state index contributed by atoms with van der Waals surface area (Å²) in [4.78, 5) is 28.3. The van der Waals surface area contributed by atoms with Crippen molar-refractivity contribution in [2.75, 3.05) is 31.1 Å². The van der Waals surface area contributed by atoms with Gasteiger partial charge in [-0.3, -0.25) is 9.59 Å². The normalized spacial score (nSPS) is 13.7. The molecule has 1 amide bonds. The molecule has 1 aromatic heterocycles. The van der Waals surface area contributed by atoms with Crippen molar-refractivity contribution in [3.63, 3.8) is 0 Å². The molecule has 0 aliphatic carbocycles. The molecule has 0 saturated carbocycles. The van der Waals surface area contributed by atoms with Gasteiger partial charge in [-0.05, 0) is 42.5 Å². The molecule has 5 rings (SSSR count). The first-order valence-corrected chi connectivity index (χ1v) is 12.0. The van der Waals surface area contributed by atoms with Gasteiger partial charge in [0.1, 0.15) is 23.0 Å². The quantitative estimate of drug-likeness (QED) is 0.404. The lowest BCUT2D eigenvalue weighted by molar-refractivity contribution is 0.0949. The molecule has 0 bridgehead atoms. The second-order valence-electron chi connectivity index (χ2n) is 8.67. The summed E-state index contributed by atoms with van der Waals surface area (Å²) in [6.45, 7) is 2.23. The van der Waals surface area contributed by atoms with Crippen molar-refractivity contribution >= 4 is 34.1 Å². The van der Waals surface area contributed by atoms with Crippen molar-refractivity contribution < 1.29 is 18.0 Å². The second-order valence-corrected chi connectivity index (χ2v) is 9.11. The van der Waals surface area contributed by atoms with Gasteiger partial charge in [0.05, 0.1) is 16.9 Å². The molecule has 2 heterocycles. The van der Waals surface area contributed by atoms with Crippen LogP contribution >= 0.6 is 11.6 Å². The molecule has 190 valence electrons. The van der Waals surface area contributed by atoms with Crippen LogP contribution in [0.25, 0.3) is 16.6 Å². The van der Waals surface area contributed by atoms with Crippen molar-refractivity contribution in [2.45, 2.75) is 6.54 Å². The fraction of sp³-hybridized carbons (Fsp3) is 0.185. The van der Waals surface area contributed by atoms with Crippen molar-refractivity contribution in [3.05, 3.63) is 105 Å². The summed E-state index contributed by atoms with van der Waals surface area (Å²) in [6.07, 6.45) is 1.23. The Kier molecular flexibility index (Phi) is 6.90. The Morgan fingerprint density at radius 1 is 0.946 bits per heavy atom. The fourth-order valence-electron chi connectivity index (χ4n) is 4.44. The first kappa shape index (κ1) is 24.9. The van der Waals surface area contributed by atoms with E-state index < -0.39 is 28.8 Å². The number of anilines is 1. The third kappa shape index (κ3) is 4.92. The average Bonchev–Trinajstić information content (AvgIpc) is 2.90. The Morgan fingerprint density at radius 3 is 2.46 bits per heavy atom. The van der Waals surface area contributed by atoms with E-state index in [4.69, 9.17) is 11.6 Å². The van der Waals surface area contributed by atoms with Crippen LogP contribution in [0.15, 0.2) is 65.6 Å². The van der Waals surface area contributed by atoms with Crippen LogP contribution < -0.4 is 21.0 Å². The van der Waals surface area contributed by atoms with Crippen LogP contribution in [-0.2, 0) is 6.54 Å². The van der Waals surface area contributed by atoms with E-state index in [0.29, 0.717) is 26.2 Å². The van der Waals surface area contributed by atoms with Crippen LogP contribution in [0.4, 0.5) is 18.9 Å². The Hall–Kier alpha value is -3.82. The molecule has 2 N–H and O–H groups in total. The highest BCUT2D eigenvalue weighted by Crippen LogP contribution is 2.28. The number of nitrogens with one attached hydrogen (secondary N) is 2. The lowest BCUT2D eigenvalue weighted by Crippen LogP contribution is -2.44. The van der Waals surface area contributed by atoms with Crippen LogP contribution in [0.5, 0.6) is 0 Å². The number of fused-ring (bicyclic) bond motifs is 1. The van der Waals surface area contributed by atoms with E-state index in [2.05, 4.69) is 10.6 Å². The number of aromatic nitrogens is 1. The number of hydrogen-bond donors (Lipinski definition) is 2. The van der Waals surface area contributed by atoms with Gasteiger partial charge in [-0.15, -0.1) is 0 Å². The molecule has 10 heteroatoms. The number of benzene rings is 3. The smallest absolute Gasteiger partial charge is 0.257 e. The molecule has 0 radical (unpaired) electrons. The van der Waals surface area contributed by atoms with E-state index >= 15 is 4.39 Å². The van der Waals surface area contributed by atoms with E-state index in [1.54, 1.807) is 6.07 Å². The Bertz CT molecular complexity index is 1570. The summed E-state index contributed by atoms with van der Waals surface area (Å²) in [5.74, 6) is -2.60. The highest BCUT2D eigenvalue weighted by atomic mass is 35.5. The first-order chi connectivity index (χ1) is 17.8. The number of halogens is 4. The van der Waals surface area contributed by atoms with Gasteiger partial charge >= 0.3 is 0 Å². The molecule has 1 fully saturated rings. The maximum atomic E-state index is 15.2. The maximum absolute atomic E-state index is 15.2. The largest absolute Gasteiger partial charge is 0.367 e. The minimum Gasteiger partial charge on any atom is -0.367 e. The van der Waals surface area contributed by atoms with E-state index in [-0.39, 0.29) is 45.0 Å². The number of amides is 1. The molecular weight excluding hydrogens is 505 g/mol. The zero-order valence-corrected chi connectivity index (χ0v) is 20.3. The maximum Gasteiger partial charge on any atom is 0.257 e. The third-order valence-corrected chi connectivity index (χ3v) is 6.57. The van der Waals surface area contributed by atoms with E-state index in [0.717, 1.165) is 6.07 Å². The zero-order chi connectivity index (χ0) is 26.1. The van der Waals surface area contributed by atoms with Gasteiger partial charge in [0.25, 0.3) is 5.91 Å². The van der Waals surface area contributed by atoms with Crippen LogP contribution in [0.2, 0.25) is 5.02 Å². The summed E-state index contributed by atoms with van der Waals surface area (Å²) < 4.78 is 45.6. The monoisotopic (exact) mass is 526 g/mol. The van der Waals surface area contributed by atoms with Gasteiger partial charge in [-0.1, -0.05) is 23.7 Å². The van der Waals surface area contributed by atoms with Crippen LogP contribution in [0, 0.1) is 17.5 Å². The van der Waals surface area contributed by atoms with Crippen molar-refractivity contribution in [2.24, 2.45) is 0 Å². The lowest BCUT2D eigenvalue weighted by atomic mass is 10.1. The Labute approximate surface area is 215 Å². The predicted molar refractivity (Wildman–Crippen MR) is 137 cm³/mol. The molecule has 1 aliphatic rings. The minimum atomic E-state index is -0.817. The Morgan fingerprint density at radius 2 is 1.70 bits per heavy atom. The number of pyridine rings is 1. The summed E-state index contributed by atoms with van der Waals surface area (Å²) in [7, 11) is 0. The summed E-state index contributed by atoms with van der Waals surface area (Å²) in [5.41, 5.74) is -0.317. The number of rotatable bonds is 5. The molecule has 1 saturated heterocycles. The van der Waals surface area contributed by atoms with Crippen LogP contribution in [0.3, 0.4) is 0 Å². The topological polar surface area (TPSA) is 66.4 Å². The highest BCUT2D eigenvalue weighted by molar-refractivity contribution is 6.30. The summed E-state index contributed by atoms with van der Waals surface area (Å²) in [6, 6.07) is 12.4. The van der Waals surface area contributed by atoms with E-state index in [9.17, 15) is 18.4 Å². The molecule has 0 unspecified atom stereocenters. The molecule has 37 heavy (non-hydrogen) atoms. The van der Waals surface area contributed by atoms with Gasteiger partial charge in [0, 0.05) is 54.9 Å². The van der Waals surface area contributed by atoms with Crippen molar-refractivity contribution in [1.82, 2.24) is 15.2 Å². The molecule has 3 aromatic carbocycles. The van der Waals surface area contributed by atoms with Gasteiger partial charge in [0.2, 0.25) is 5.43 Å². The zero-order valence-electron chi connectivity index (χ0n) is 19.5. The van der Waals surface area contributed by atoms with Gasteiger partial charge in [0.15, 0.2) is 0 Å². The SMILES string of the molecule is O=C(NCc1cc(Cl)ccc1F)c1cn(-c2ccccc2F)c2cc(N3CCNCC3)c(F)cc2c1=O. The Balaban J connectivity index is 1.63. The van der Waals surface area contributed by atoms with Crippen molar-refractivity contribution in [3.8, 4) is 5.69 Å². The standard InChI is InChI=1S/C27H22ClF3N4O2/c28-17-5-6-20(29)16(11-17)14-33-27(37)19-15-35(23-4-2-1-3-21(23)30)24-13-25(34-9-7-32-8-10-34)22(31)12-18(24)26(19)36/h1-6,11-13,15,32H,7-10,14H2,(H,33,37). The number of hydrogen-bond acceptors (Lipinski definition) is 4. The molecule has 0 atom stereocenters.